The summed E-state index contributed by atoms with van der Waals surface area (Å²) in [7, 11) is 0. The number of nitrogens with zero attached hydrogens (tertiary/aromatic N) is 4. The molecule has 0 radical (unpaired) electrons. The van der Waals surface area contributed by atoms with Gasteiger partial charge in [0, 0.05) is 22.8 Å². The van der Waals surface area contributed by atoms with Crippen LogP contribution in [0.2, 0.25) is 0 Å². The molecule has 5 rings (SSSR count). The van der Waals surface area contributed by atoms with E-state index < -0.39 is 24.0 Å². The third-order valence-corrected chi connectivity index (χ3v) is 9.35. The van der Waals surface area contributed by atoms with E-state index in [-0.39, 0.29) is 43.3 Å². The van der Waals surface area contributed by atoms with Gasteiger partial charge in [-0.1, -0.05) is 44.2 Å². The average molecular weight is 620 g/mol. The van der Waals surface area contributed by atoms with Gasteiger partial charge in [0.25, 0.3) is 5.91 Å². The summed E-state index contributed by atoms with van der Waals surface area (Å²) in [5, 5.41) is 15.2. The van der Waals surface area contributed by atoms with Crippen molar-refractivity contribution < 1.29 is 19.2 Å². The van der Waals surface area contributed by atoms with Crippen LogP contribution in [0.1, 0.15) is 77.7 Å². The number of benzene rings is 1. The highest BCUT2D eigenvalue weighted by Gasteiger charge is 2.32. The Hall–Kier alpha value is -4.06. The molecule has 3 atom stereocenters. The number of aryl methyl sites for hydroxylation is 2. The Kier molecular flexibility index (Phi) is 9.77. The molecule has 1 aromatic carbocycles. The van der Waals surface area contributed by atoms with Gasteiger partial charge in [0.15, 0.2) is 5.82 Å². The topological polar surface area (TPSA) is 138 Å². The second kappa shape index (κ2) is 13.7. The van der Waals surface area contributed by atoms with Gasteiger partial charge in [0.2, 0.25) is 17.7 Å². The van der Waals surface area contributed by atoms with Gasteiger partial charge in [-0.25, -0.2) is 9.67 Å². The van der Waals surface area contributed by atoms with Crippen LogP contribution < -0.4 is 16.0 Å². The van der Waals surface area contributed by atoms with E-state index in [0.717, 1.165) is 36.8 Å². The molecule has 0 saturated carbocycles. The monoisotopic (exact) mass is 619 g/mol. The van der Waals surface area contributed by atoms with Gasteiger partial charge >= 0.3 is 0 Å². The smallest absolute Gasteiger partial charge is 0.255 e. The van der Waals surface area contributed by atoms with Gasteiger partial charge < -0.3 is 20.9 Å². The highest BCUT2D eigenvalue weighted by atomic mass is 32.1. The van der Waals surface area contributed by atoms with Crippen LogP contribution in [0.3, 0.4) is 0 Å². The minimum Gasteiger partial charge on any atom is -0.350 e. The third kappa shape index (κ3) is 7.35. The van der Waals surface area contributed by atoms with Crippen LogP contribution in [0, 0.1) is 12.8 Å². The highest BCUT2D eigenvalue weighted by molar-refractivity contribution is 7.10. The zero-order valence-electron chi connectivity index (χ0n) is 25.8. The Morgan fingerprint density at radius 2 is 1.75 bits per heavy atom. The van der Waals surface area contributed by atoms with Gasteiger partial charge in [0.05, 0.1) is 18.2 Å². The lowest BCUT2D eigenvalue weighted by Crippen LogP contribution is -2.54. The van der Waals surface area contributed by atoms with Crippen LogP contribution in [0.15, 0.2) is 35.7 Å². The maximum absolute atomic E-state index is 14.2. The largest absolute Gasteiger partial charge is 0.350 e. The Morgan fingerprint density at radius 1 is 1.02 bits per heavy atom. The van der Waals surface area contributed by atoms with E-state index in [9.17, 15) is 19.2 Å². The first-order chi connectivity index (χ1) is 21.1. The number of thiophene rings is 1. The van der Waals surface area contributed by atoms with Crippen LogP contribution in [0.25, 0.3) is 0 Å². The van der Waals surface area contributed by atoms with Crippen LogP contribution in [0.4, 0.5) is 0 Å². The van der Waals surface area contributed by atoms with Crippen LogP contribution in [-0.2, 0) is 40.2 Å². The molecule has 3 aromatic rings. The number of amides is 4. The predicted molar refractivity (Wildman–Crippen MR) is 167 cm³/mol. The molecule has 1 aliphatic carbocycles. The number of aromatic nitrogens is 3. The summed E-state index contributed by atoms with van der Waals surface area (Å²) in [5.41, 5.74) is 2.68. The summed E-state index contributed by atoms with van der Waals surface area (Å²) in [5.74, 6) is -0.527. The fraction of sp³-hybridized carbons (Fsp3) is 0.500. The van der Waals surface area contributed by atoms with Crippen molar-refractivity contribution in [3.05, 3.63) is 68.9 Å². The quantitative estimate of drug-likeness (QED) is 0.411. The molecule has 0 bridgehead atoms. The Balaban J connectivity index is 1.52. The summed E-state index contributed by atoms with van der Waals surface area (Å²) in [6.45, 7) is 7.03. The summed E-state index contributed by atoms with van der Waals surface area (Å²) in [4.78, 5) is 61.7. The van der Waals surface area contributed by atoms with Crippen molar-refractivity contribution in [1.29, 1.82) is 0 Å². The first-order valence-electron chi connectivity index (χ1n) is 15.3. The van der Waals surface area contributed by atoms with E-state index in [1.54, 1.807) is 30.1 Å². The maximum atomic E-state index is 14.2. The average Bonchev–Trinajstić information content (AvgIpc) is 3.58. The van der Waals surface area contributed by atoms with Crippen molar-refractivity contribution in [3.63, 3.8) is 0 Å². The normalized spacial score (nSPS) is 21.8. The van der Waals surface area contributed by atoms with Crippen molar-refractivity contribution in [3.8, 4) is 0 Å². The Bertz CT molecular complexity index is 1520. The lowest BCUT2D eigenvalue weighted by Gasteiger charge is -2.31. The number of fused-ring (bicyclic) bond motifs is 2. The number of rotatable bonds is 4. The second-order valence-corrected chi connectivity index (χ2v) is 13.0. The molecule has 0 unspecified atom stereocenters. The second-order valence-electron chi connectivity index (χ2n) is 12.1. The molecule has 0 saturated heterocycles. The van der Waals surface area contributed by atoms with Gasteiger partial charge in [-0.3, -0.25) is 19.2 Å². The standard InChI is InChI=1S/C32H41N7O4S/c1-19(2)26-15-38(32(43)24-18-44-27-13-9-8-12-23(24)27)16-28(40)35-25(14-22-10-6-5-7-11-22)30-34-21(4)37-39(30)17-29(41)33-20(3)31(42)36-26/h5-7,10-11,18-20,25-26H,8-9,12-17H2,1-4H3,(H,33,41)(H,35,40)(H,36,42)/t20-,25+,26-/m1/s1. The molecule has 3 heterocycles. The number of hydrogen-bond acceptors (Lipinski definition) is 7. The van der Waals surface area contributed by atoms with Gasteiger partial charge in [-0.05, 0) is 63.0 Å². The first kappa shape index (κ1) is 31.4. The number of hydrogen-bond donors (Lipinski definition) is 3. The molecule has 234 valence electrons. The molecule has 1 aliphatic heterocycles. The van der Waals surface area contributed by atoms with Crippen molar-refractivity contribution in [2.24, 2.45) is 5.92 Å². The number of nitrogens with one attached hydrogen (secondary N) is 3. The minimum absolute atomic E-state index is 0.0461. The van der Waals surface area contributed by atoms with E-state index in [0.29, 0.717) is 23.6 Å². The molecule has 4 amide bonds. The molecule has 12 heteroatoms. The van der Waals surface area contributed by atoms with Crippen molar-refractivity contribution in [2.75, 3.05) is 13.1 Å². The summed E-state index contributed by atoms with van der Waals surface area (Å²) in [6.07, 6.45) is 4.35. The van der Waals surface area contributed by atoms with Gasteiger partial charge in [-0.2, -0.15) is 5.10 Å². The lowest BCUT2D eigenvalue weighted by atomic mass is 9.95. The molecular weight excluding hydrogens is 578 g/mol. The number of carbonyl (C=O) groups excluding carboxylic acids is 4. The fourth-order valence-electron chi connectivity index (χ4n) is 5.84. The lowest BCUT2D eigenvalue weighted by molar-refractivity contribution is -0.129. The van der Waals surface area contributed by atoms with E-state index in [1.807, 2.05) is 49.6 Å². The third-order valence-electron chi connectivity index (χ3n) is 8.26. The molecule has 0 fully saturated rings. The van der Waals surface area contributed by atoms with Gasteiger partial charge in [-0.15, -0.1) is 11.3 Å². The van der Waals surface area contributed by atoms with E-state index in [2.05, 4.69) is 26.0 Å². The maximum Gasteiger partial charge on any atom is 0.255 e. The Labute approximate surface area is 261 Å². The fourth-order valence-corrected chi connectivity index (χ4v) is 6.96. The molecular formula is C32H41N7O4S. The molecule has 3 N–H and O–H groups in total. The first-order valence-corrected chi connectivity index (χ1v) is 16.2. The summed E-state index contributed by atoms with van der Waals surface area (Å²) >= 11 is 1.60. The van der Waals surface area contributed by atoms with E-state index in [1.165, 1.54) is 9.56 Å². The van der Waals surface area contributed by atoms with Crippen LogP contribution in [-0.4, -0.2) is 68.5 Å². The molecule has 11 nitrogen and oxygen atoms in total. The van der Waals surface area contributed by atoms with Crippen molar-refractivity contribution in [2.45, 2.75) is 84.5 Å². The predicted octanol–water partition coefficient (Wildman–Crippen LogP) is 2.73. The SMILES string of the molecule is Cc1nc2n(n1)CC(=O)N[C@H](C)C(=O)N[C@@H](C(C)C)CN(C(=O)c1csc3c1CCCC3)CC(=O)N[C@H]2Cc1ccccc1. The van der Waals surface area contributed by atoms with Gasteiger partial charge in [0.1, 0.15) is 18.4 Å². The zero-order valence-corrected chi connectivity index (χ0v) is 26.6. The molecule has 2 aromatic heterocycles. The Morgan fingerprint density at radius 3 is 2.50 bits per heavy atom. The van der Waals surface area contributed by atoms with Crippen molar-refractivity contribution >= 4 is 35.0 Å². The van der Waals surface area contributed by atoms with Crippen molar-refractivity contribution in [1.82, 2.24) is 35.6 Å². The summed E-state index contributed by atoms with van der Waals surface area (Å²) in [6, 6.07) is 7.80. The zero-order chi connectivity index (χ0) is 31.4. The van der Waals surface area contributed by atoms with E-state index >= 15 is 0 Å². The van der Waals surface area contributed by atoms with Crippen LogP contribution >= 0.6 is 11.3 Å². The molecule has 44 heavy (non-hydrogen) atoms. The number of carbonyl (C=O) groups is 4. The van der Waals surface area contributed by atoms with E-state index in [4.69, 9.17) is 0 Å². The molecule has 2 aliphatic rings. The minimum atomic E-state index is -0.824. The summed E-state index contributed by atoms with van der Waals surface area (Å²) < 4.78 is 1.47. The van der Waals surface area contributed by atoms with Crippen LogP contribution in [0.5, 0.6) is 0 Å². The highest BCUT2D eigenvalue weighted by Crippen LogP contribution is 2.31. The molecule has 0 spiro atoms.